The van der Waals surface area contributed by atoms with Gasteiger partial charge >= 0.3 is 5.97 Å². The molecule has 1 aliphatic rings. The number of rotatable bonds is 11. The monoisotopic (exact) mass is 478 g/mol. The SMILES string of the molecule is COC(=O)c1ccc2c(c1)NC(=O)/C2=C\CCCNc1ccc(N(CCCN(C)C)C(C)=O)cc1. The van der Waals surface area contributed by atoms with Crippen molar-refractivity contribution in [2.75, 3.05) is 56.4 Å². The summed E-state index contributed by atoms with van der Waals surface area (Å²) in [6.07, 6.45) is 4.42. The molecule has 2 aromatic carbocycles. The third kappa shape index (κ3) is 6.93. The molecule has 0 aliphatic carbocycles. The molecule has 0 saturated carbocycles. The Bertz CT molecular complexity index is 1090. The molecule has 0 aromatic heterocycles. The van der Waals surface area contributed by atoms with Crippen LogP contribution in [0.2, 0.25) is 0 Å². The van der Waals surface area contributed by atoms with E-state index in [2.05, 4.69) is 15.5 Å². The zero-order chi connectivity index (χ0) is 25.4. The number of esters is 1. The number of unbranched alkanes of at least 4 members (excludes halogenated alkanes) is 1. The molecule has 8 heteroatoms. The van der Waals surface area contributed by atoms with E-state index in [1.54, 1.807) is 30.0 Å². The van der Waals surface area contributed by atoms with Gasteiger partial charge in [-0.1, -0.05) is 12.1 Å². The summed E-state index contributed by atoms with van der Waals surface area (Å²) < 4.78 is 4.74. The topological polar surface area (TPSA) is 91.0 Å². The van der Waals surface area contributed by atoms with Crippen LogP contribution in [0.15, 0.2) is 48.5 Å². The fourth-order valence-electron chi connectivity index (χ4n) is 4.00. The third-order valence-electron chi connectivity index (χ3n) is 5.83. The molecule has 35 heavy (non-hydrogen) atoms. The van der Waals surface area contributed by atoms with Crippen molar-refractivity contribution in [3.8, 4) is 0 Å². The first-order valence-electron chi connectivity index (χ1n) is 11.8. The predicted molar refractivity (Wildman–Crippen MR) is 140 cm³/mol. The van der Waals surface area contributed by atoms with Gasteiger partial charge < -0.3 is 25.2 Å². The molecule has 0 unspecified atom stereocenters. The highest BCUT2D eigenvalue weighted by Crippen LogP contribution is 2.33. The number of carbonyl (C=O) groups excluding carboxylic acids is 3. The van der Waals surface area contributed by atoms with E-state index in [1.165, 1.54) is 7.11 Å². The molecule has 3 rings (SSSR count). The second kappa shape index (κ2) is 12.2. The molecule has 1 heterocycles. The first kappa shape index (κ1) is 26.0. The second-order valence-corrected chi connectivity index (χ2v) is 8.77. The number of methoxy groups -OCH3 is 1. The van der Waals surface area contributed by atoms with Crippen molar-refractivity contribution in [2.45, 2.75) is 26.2 Å². The van der Waals surface area contributed by atoms with Crippen molar-refractivity contribution in [1.82, 2.24) is 4.90 Å². The van der Waals surface area contributed by atoms with Gasteiger partial charge in [0.1, 0.15) is 0 Å². The Kier molecular flexibility index (Phi) is 9.03. The molecule has 0 saturated heterocycles. The summed E-state index contributed by atoms with van der Waals surface area (Å²) in [5, 5.41) is 6.20. The molecule has 0 radical (unpaired) electrons. The number of amides is 2. The molecule has 2 amide bonds. The van der Waals surface area contributed by atoms with E-state index in [1.807, 2.05) is 44.4 Å². The fourth-order valence-corrected chi connectivity index (χ4v) is 4.00. The molecule has 0 atom stereocenters. The Morgan fingerprint density at radius 1 is 1.06 bits per heavy atom. The molecule has 2 aromatic rings. The first-order chi connectivity index (χ1) is 16.8. The predicted octanol–water partition coefficient (Wildman–Crippen LogP) is 4.01. The number of carbonyl (C=O) groups is 3. The molecule has 8 nitrogen and oxygen atoms in total. The number of hydrogen-bond donors (Lipinski definition) is 2. The quantitative estimate of drug-likeness (QED) is 0.288. The summed E-state index contributed by atoms with van der Waals surface area (Å²) in [7, 11) is 5.38. The van der Waals surface area contributed by atoms with Gasteiger partial charge in [0.15, 0.2) is 0 Å². The number of benzene rings is 2. The summed E-state index contributed by atoms with van der Waals surface area (Å²) in [4.78, 5) is 40.0. The molecular formula is C27H34N4O4. The third-order valence-corrected chi connectivity index (χ3v) is 5.83. The van der Waals surface area contributed by atoms with E-state index in [9.17, 15) is 14.4 Å². The van der Waals surface area contributed by atoms with Crippen LogP contribution >= 0.6 is 0 Å². The van der Waals surface area contributed by atoms with Crippen molar-refractivity contribution in [3.63, 3.8) is 0 Å². The number of hydrogen-bond acceptors (Lipinski definition) is 6. The average Bonchev–Trinajstić information content (AvgIpc) is 3.15. The minimum Gasteiger partial charge on any atom is -0.465 e. The van der Waals surface area contributed by atoms with Gasteiger partial charge in [-0.2, -0.15) is 0 Å². The Balaban J connectivity index is 1.50. The summed E-state index contributed by atoms with van der Waals surface area (Å²) in [6.45, 7) is 3.96. The molecule has 1 aliphatic heterocycles. The van der Waals surface area contributed by atoms with Crippen molar-refractivity contribution in [2.24, 2.45) is 0 Å². The highest BCUT2D eigenvalue weighted by atomic mass is 16.5. The van der Waals surface area contributed by atoms with Crippen LogP contribution < -0.4 is 15.5 Å². The van der Waals surface area contributed by atoms with Crippen LogP contribution in [0.1, 0.15) is 42.1 Å². The van der Waals surface area contributed by atoms with Crippen molar-refractivity contribution in [1.29, 1.82) is 0 Å². The lowest BCUT2D eigenvalue weighted by atomic mass is 10.0. The maximum atomic E-state index is 12.4. The minimum absolute atomic E-state index is 0.0385. The summed E-state index contributed by atoms with van der Waals surface area (Å²) in [6, 6.07) is 13.0. The zero-order valence-electron chi connectivity index (χ0n) is 20.9. The van der Waals surface area contributed by atoms with Crippen LogP contribution in [0, 0.1) is 0 Å². The second-order valence-electron chi connectivity index (χ2n) is 8.77. The lowest BCUT2D eigenvalue weighted by Gasteiger charge is -2.22. The molecule has 186 valence electrons. The van der Waals surface area contributed by atoms with Gasteiger partial charge in [-0.05, 0) is 76.3 Å². The number of nitrogens with one attached hydrogen (secondary N) is 2. The average molecular weight is 479 g/mol. The van der Waals surface area contributed by atoms with Crippen LogP contribution in [0.4, 0.5) is 17.1 Å². The standard InChI is InChI=1S/C27H34N4O4/c1-19(32)31(17-7-16-30(2)3)22-12-10-21(11-13-22)28-15-6-5-8-24-23-14-9-20(27(34)35-4)18-25(23)29-26(24)33/h8-14,18,28H,5-7,15-17H2,1-4H3,(H,29,33)/b24-8-. The van der Waals surface area contributed by atoms with Gasteiger partial charge in [0.05, 0.1) is 12.7 Å². The van der Waals surface area contributed by atoms with Gasteiger partial charge in [-0.15, -0.1) is 0 Å². The summed E-state index contributed by atoms with van der Waals surface area (Å²) >= 11 is 0. The smallest absolute Gasteiger partial charge is 0.337 e. The van der Waals surface area contributed by atoms with Crippen LogP contribution in [-0.4, -0.2) is 63.5 Å². The Labute approximate surface area is 206 Å². The van der Waals surface area contributed by atoms with E-state index >= 15 is 0 Å². The molecular weight excluding hydrogens is 444 g/mol. The van der Waals surface area contributed by atoms with E-state index in [-0.39, 0.29) is 11.8 Å². The lowest BCUT2D eigenvalue weighted by molar-refractivity contribution is -0.116. The maximum absolute atomic E-state index is 12.4. The van der Waals surface area contributed by atoms with Crippen LogP contribution in [0.25, 0.3) is 5.57 Å². The number of allylic oxidation sites excluding steroid dienone is 1. The van der Waals surface area contributed by atoms with Crippen molar-refractivity contribution >= 4 is 40.4 Å². The number of fused-ring (bicyclic) bond motifs is 1. The molecule has 2 N–H and O–H groups in total. The van der Waals surface area contributed by atoms with Crippen molar-refractivity contribution in [3.05, 3.63) is 59.7 Å². The first-order valence-corrected chi connectivity index (χ1v) is 11.8. The highest BCUT2D eigenvalue weighted by molar-refractivity contribution is 6.31. The van der Waals surface area contributed by atoms with Gasteiger partial charge in [-0.25, -0.2) is 4.79 Å². The molecule has 0 bridgehead atoms. The minimum atomic E-state index is -0.433. The van der Waals surface area contributed by atoms with Gasteiger partial charge in [-0.3, -0.25) is 9.59 Å². The Hall–Kier alpha value is -3.65. The lowest BCUT2D eigenvalue weighted by Crippen LogP contribution is -2.31. The van der Waals surface area contributed by atoms with E-state index in [0.717, 1.165) is 49.3 Å². The van der Waals surface area contributed by atoms with Crippen LogP contribution in [-0.2, 0) is 14.3 Å². The van der Waals surface area contributed by atoms with Crippen LogP contribution in [0.3, 0.4) is 0 Å². The number of nitrogens with zero attached hydrogens (tertiary/aromatic N) is 2. The maximum Gasteiger partial charge on any atom is 0.337 e. The molecule has 0 spiro atoms. The summed E-state index contributed by atoms with van der Waals surface area (Å²) in [5.41, 5.74) is 4.34. The normalized spacial score (nSPS) is 13.5. The van der Waals surface area contributed by atoms with Gasteiger partial charge in [0, 0.05) is 48.2 Å². The van der Waals surface area contributed by atoms with Crippen LogP contribution in [0.5, 0.6) is 0 Å². The number of ether oxygens (including phenoxy) is 1. The summed E-state index contributed by atoms with van der Waals surface area (Å²) in [5.74, 6) is -0.556. The van der Waals surface area contributed by atoms with E-state index < -0.39 is 5.97 Å². The fraction of sp³-hybridized carbons (Fsp3) is 0.370. The highest BCUT2D eigenvalue weighted by Gasteiger charge is 2.24. The number of anilines is 3. The molecule has 0 fully saturated rings. The Morgan fingerprint density at radius 3 is 2.46 bits per heavy atom. The Morgan fingerprint density at radius 2 is 1.80 bits per heavy atom. The largest absolute Gasteiger partial charge is 0.465 e. The van der Waals surface area contributed by atoms with E-state index in [4.69, 9.17) is 4.74 Å². The van der Waals surface area contributed by atoms with Gasteiger partial charge in [0.25, 0.3) is 5.91 Å². The van der Waals surface area contributed by atoms with E-state index in [0.29, 0.717) is 23.4 Å². The van der Waals surface area contributed by atoms with Gasteiger partial charge in [0.2, 0.25) is 5.91 Å². The zero-order valence-corrected chi connectivity index (χ0v) is 20.9. The van der Waals surface area contributed by atoms with Crippen molar-refractivity contribution < 1.29 is 19.1 Å².